The maximum Gasteiger partial charge on any atom is 0.243 e. The van der Waals surface area contributed by atoms with Crippen LogP contribution in [0.1, 0.15) is 26.3 Å². The minimum Gasteiger partial charge on any atom is -0.368 e. The first-order valence-corrected chi connectivity index (χ1v) is 8.11. The first-order chi connectivity index (χ1) is 10.7. The van der Waals surface area contributed by atoms with Gasteiger partial charge in [-0.05, 0) is 23.6 Å². The fraction of sp³-hybridized carbons (Fsp3) is 0.438. The van der Waals surface area contributed by atoms with Gasteiger partial charge < -0.3 is 16.4 Å². The third kappa shape index (κ3) is 6.40. The van der Waals surface area contributed by atoms with Gasteiger partial charge >= 0.3 is 0 Å². The minimum absolute atomic E-state index is 0.113. The Labute approximate surface area is 144 Å². The Bertz CT molecular complexity index is 590. The van der Waals surface area contributed by atoms with Gasteiger partial charge in [-0.3, -0.25) is 14.4 Å². The van der Waals surface area contributed by atoms with Gasteiger partial charge in [0.15, 0.2) is 0 Å². The molecule has 0 saturated heterocycles. The van der Waals surface area contributed by atoms with Gasteiger partial charge in [0.1, 0.15) is 12.1 Å². The van der Waals surface area contributed by atoms with Crippen LogP contribution < -0.4 is 16.4 Å². The van der Waals surface area contributed by atoms with Gasteiger partial charge in [0.25, 0.3) is 0 Å². The van der Waals surface area contributed by atoms with Crippen molar-refractivity contribution in [1.29, 1.82) is 0 Å². The molecular formula is C16H22BrN3O3. The van der Waals surface area contributed by atoms with E-state index in [1.165, 1.54) is 6.92 Å². The average Bonchev–Trinajstić information content (AvgIpc) is 2.43. The van der Waals surface area contributed by atoms with E-state index in [0.717, 1.165) is 10.0 Å². The maximum atomic E-state index is 12.3. The molecule has 23 heavy (non-hydrogen) atoms. The molecule has 0 aliphatic rings. The highest BCUT2D eigenvalue weighted by Crippen LogP contribution is 2.13. The van der Waals surface area contributed by atoms with Gasteiger partial charge in [0, 0.05) is 17.8 Å². The zero-order valence-corrected chi connectivity index (χ0v) is 15.0. The molecule has 1 aromatic rings. The van der Waals surface area contributed by atoms with Crippen molar-refractivity contribution in [3.63, 3.8) is 0 Å². The highest BCUT2D eigenvalue weighted by atomic mass is 79.9. The van der Waals surface area contributed by atoms with Crippen molar-refractivity contribution in [2.75, 3.05) is 0 Å². The fourth-order valence-corrected chi connectivity index (χ4v) is 2.58. The Balaban J connectivity index is 2.84. The van der Waals surface area contributed by atoms with E-state index in [1.54, 1.807) is 0 Å². The second-order valence-electron chi connectivity index (χ2n) is 5.72. The molecule has 0 fully saturated rings. The molecule has 2 atom stereocenters. The van der Waals surface area contributed by atoms with E-state index in [2.05, 4.69) is 26.6 Å². The molecule has 0 aromatic heterocycles. The summed E-state index contributed by atoms with van der Waals surface area (Å²) in [6.07, 6.45) is 0.283. The van der Waals surface area contributed by atoms with Crippen LogP contribution in [-0.4, -0.2) is 29.8 Å². The molecular weight excluding hydrogens is 362 g/mol. The largest absolute Gasteiger partial charge is 0.368 e. The lowest BCUT2D eigenvalue weighted by Crippen LogP contribution is -2.55. The van der Waals surface area contributed by atoms with Crippen molar-refractivity contribution in [3.8, 4) is 0 Å². The Kier molecular flexibility index (Phi) is 7.22. The highest BCUT2D eigenvalue weighted by Gasteiger charge is 2.27. The molecule has 0 radical (unpaired) electrons. The van der Waals surface area contributed by atoms with Crippen LogP contribution >= 0.6 is 15.9 Å². The zero-order valence-electron chi connectivity index (χ0n) is 13.4. The van der Waals surface area contributed by atoms with Gasteiger partial charge in [0.05, 0.1) is 0 Å². The fourth-order valence-electron chi connectivity index (χ4n) is 2.14. The number of carbonyl (C=O) groups is 3. The van der Waals surface area contributed by atoms with Crippen molar-refractivity contribution < 1.29 is 14.4 Å². The lowest BCUT2D eigenvalue weighted by atomic mass is 10.0. The highest BCUT2D eigenvalue weighted by molar-refractivity contribution is 9.10. The van der Waals surface area contributed by atoms with Gasteiger partial charge in [-0.2, -0.15) is 0 Å². The molecule has 0 aliphatic heterocycles. The summed E-state index contributed by atoms with van der Waals surface area (Å²) in [7, 11) is 0. The van der Waals surface area contributed by atoms with Crippen molar-refractivity contribution in [2.45, 2.75) is 39.3 Å². The Morgan fingerprint density at radius 3 is 2.35 bits per heavy atom. The Morgan fingerprint density at radius 2 is 1.87 bits per heavy atom. The molecule has 0 saturated carbocycles. The van der Waals surface area contributed by atoms with Crippen LogP contribution in [0, 0.1) is 5.92 Å². The third-order valence-corrected chi connectivity index (χ3v) is 3.79. The summed E-state index contributed by atoms with van der Waals surface area (Å²) in [6, 6.07) is 5.86. The van der Waals surface area contributed by atoms with Crippen LogP contribution in [0.5, 0.6) is 0 Å². The number of carbonyl (C=O) groups excluding carboxylic acids is 3. The molecule has 0 aliphatic carbocycles. The molecule has 0 heterocycles. The summed E-state index contributed by atoms with van der Waals surface area (Å²) in [5.74, 6) is -1.46. The van der Waals surface area contributed by atoms with Gasteiger partial charge in [-0.15, -0.1) is 0 Å². The van der Waals surface area contributed by atoms with E-state index in [4.69, 9.17) is 5.73 Å². The summed E-state index contributed by atoms with van der Waals surface area (Å²) in [4.78, 5) is 35.2. The second-order valence-corrected chi connectivity index (χ2v) is 6.64. The molecule has 0 spiro atoms. The molecule has 4 N–H and O–H groups in total. The molecule has 1 aromatic carbocycles. The molecule has 0 bridgehead atoms. The number of amides is 3. The van der Waals surface area contributed by atoms with Crippen LogP contribution in [0.15, 0.2) is 28.7 Å². The SMILES string of the molecule is CC(=O)N[C@@H](C(=O)N[C@@H](Cc1cccc(Br)c1)C(N)=O)C(C)C. The van der Waals surface area contributed by atoms with Gasteiger partial charge in [-0.1, -0.05) is 41.9 Å². The normalized spacial score (nSPS) is 13.3. The van der Waals surface area contributed by atoms with Crippen molar-refractivity contribution in [3.05, 3.63) is 34.3 Å². The summed E-state index contributed by atoms with van der Waals surface area (Å²) in [5.41, 5.74) is 6.26. The van der Waals surface area contributed by atoms with Gasteiger partial charge in [-0.25, -0.2) is 0 Å². The van der Waals surface area contributed by atoms with E-state index in [-0.39, 0.29) is 18.2 Å². The van der Waals surface area contributed by atoms with Gasteiger partial charge in [0.2, 0.25) is 17.7 Å². The van der Waals surface area contributed by atoms with Crippen molar-refractivity contribution in [1.82, 2.24) is 10.6 Å². The van der Waals surface area contributed by atoms with E-state index < -0.39 is 23.9 Å². The van der Waals surface area contributed by atoms with Crippen LogP contribution in [0.3, 0.4) is 0 Å². The molecule has 3 amide bonds. The number of halogens is 1. The second kappa shape index (κ2) is 8.67. The van der Waals surface area contributed by atoms with E-state index in [9.17, 15) is 14.4 Å². The van der Waals surface area contributed by atoms with Crippen molar-refractivity contribution >= 4 is 33.7 Å². The lowest BCUT2D eigenvalue weighted by Gasteiger charge is -2.24. The van der Waals surface area contributed by atoms with Crippen LogP contribution in [0.25, 0.3) is 0 Å². The van der Waals surface area contributed by atoms with E-state index >= 15 is 0 Å². The quantitative estimate of drug-likeness (QED) is 0.657. The summed E-state index contributed by atoms with van der Waals surface area (Å²) in [5, 5.41) is 5.21. The summed E-state index contributed by atoms with van der Waals surface area (Å²) in [6.45, 7) is 4.97. The topological polar surface area (TPSA) is 101 Å². The molecule has 0 unspecified atom stereocenters. The van der Waals surface area contributed by atoms with E-state index in [0.29, 0.717) is 0 Å². The summed E-state index contributed by atoms with van der Waals surface area (Å²) < 4.78 is 0.878. The first-order valence-electron chi connectivity index (χ1n) is 7.32. The molecule has 7 heteroatoms. The Morgan fingerprint density at radius 1 is 1.22 bits per heavy atom. The van der Waals surface area contributed by atoms with Crippen LogP contribution in [-0.2, 0) is 20.8 Å². The first kappa shape index (κ1) is 19.2. The number of nitrogens with two attached hydrogens (primary N) is 1. The average molecular weight is 384 g/mol. The number of hydrogen-bond acceptors (Lipinski definition) is 3. The number of hydrogen-bond donors (Lipinski definition) is 3. The van der Waals surface area contributed by atoms with Crippen LogP contribution in [0.2, 0.25) is 0 Å². The van der Waals surface area contributed by atoms with Crippen molar-refractivity contribution in [2.24, 2.45) is 11.7 Å². The monoisotopic (exact) mass is 383 g/mol. The lowest BCUT2D eigenvalue weighted by molar-refractivity contribution is -0.131. The molecule has 6 nitrogen and oxygen atoms in total. The molecule has 126 valence electrons. The predicted octanol–water partition coefficient (Wildman–Crippen LogP) is 1.12. The zero-order chi connectivity index (χ0) is 17.6. The number of nitrogens with one attached hydrogen (secondary N) is 2. The smallest absolute Gasteiger partial charge is 0.243 e. The van der Waals surface area contributed by atoms with E-state index in [1.807, 2.05) is 38.1 Å². The number of primary amides is 1. The predicted molar refractivity (Wildman–Crippen MR) is 91.4 cm³/mol. The number of benzene rings is 1. The summed E-state index contributed by atoms with van der Waals surface area (Å²) >= 11 is 3.36. The maximum absolute atomic E-state index is 12.3. The third-order valence-electron chi connectivity index (χ3n) is 3.30. The molecule has 1 rings (SSSR count). The van der Waals surface area contributed by atoms with Crippen LogP contribution in [0.4, 0.5) is 0 Å². The standard InChI is InChI=1S/C16H22BrN3O3/c1-9(2)14(19-10(3)21)16(23)20-13(15(18)22)8-11-5-4-6-12(17)7-11/h4-7,9,13-14H,8H2,1-3H3,(H2,18,22)(H,19,21)(H,20,23)/t13-,14+/m0/s1. The minimum atomic E-state index is -0.841. The number of rotatable bonds is 7. The Hall–Kier alpha value is -1.89.